The lowest BCUT2D eigenvalue weighted by Crippen LogP contribution is -2.34. The summed E-state index contributed by atoms with van der Waals surface area (Å²) in [6, 6.07) is 17.1. The molecule has 0 spiro atoms. The molecule has 31 heavy (non-hydrogen) atoms. The number of amides is 2. The van der Waals surface area contributed by atoms with Crippen LogP contribution in [0.15, 0.2) is 67.0 Å². The molecule has 0 radical (unpaired) electrons. The van der Waals surface area contributed by atoms with E-state index < -0.39 is 0 Å². The van der Waals surface area contributed by atoms with E-state index in [1.807, 2.05) is 79.3 Å². The van der Waals surface area contributed by atoms with Crippen LogP contribution in [0.1, 0.15) is 22.5 Å². The van der Waals surface area contributed by atoms with Gasteiger partial charge in [-0.3, -0.25) is 0 Å². The van der Waals surface area contributed by atoms with Gasteiger partial charge in [0.05, 0.1) is 23.3 Å². The quantitative estimate of drug-likeness (QED) is 0.474. The maximum absolute atomic E-state index is 12.3. The molecule has 0 fully saturated rings. The largest absolute Gasteiger partial charge is 0.334 e. The first-order chi connectivity index (χ1) is 15.0. The Hall–Kier alpha value is -3.58. The number of nitrogens with zero attached hydrogens (tertiary/aromatic N) is 4. The van der Waals surface area contributed by atoms with Crippen LogP contribution in [0.4, 0.5) is 4.79 Å². The SMILES string of the molecule is Cc1nn(-c2ccccc2)c(C)c1CNC(=O)NCc1cnn(-c2ccc(Cl)cc2)c1. The number of hydrogen-bond donors (Lipinski definition) is 2. The van der Waals surface area contributed by atoms with Gasteiger partial charge >= 0.3 is 6.03 Å². The van der Waals surface area contributed by atoms with Crippen LogP contribution in [0.25, 0.3) is 11.4 Å². The van der Waals surface area contributed by atoms with Crippen LogP contribution >= 0.6 is 11.6 Å². The van der Waals surface area contributed by atoms with Crippen LogP contribution in [0, 0.1) is 13.8 Å². The first-order valence-corrected chi connectivity index (χ1v) is 10.3. The maximum atomic E-state index is 12.3. The van der Waals surface area contributed by atoms with E-state index in [0.717, 1.165) is 33.9 Å². The lowest BCUT2D eigenvalue weighted by atomic mass is 10.2. The van der Waals surface area contributed by atoms with Crippen molar-refractivity contribution in [3.05, 3.63) is 94.5 Å². The Kier molecular flexibility index (Phi) is 6.04. The predicted octanol–water partition coefficient (Wildman–Crippen LogP) is 4.33. The van der Waals surface area contributed by atoms with Crippen LogP contribution in [0.5, 0.6) is 0 Å². The lowest BCUT2D eigenvalue weighted by Gasteiger charge is -2.08. The van der Waals surface area contributed by atoms with Gasteiger partial charge in [0.25, 0.3) is 0 Å². The van der Waals surface area contributed by atoms with Crippen LogP contribution in [-0.4, -0.2) is 25.6 Å². The molecule has 4 aromatic rings. The normalized spacial score (nSPS) is 10.8. The van der Waals surface area contributed by atoms with Gasteiger partial charge in [-0.15, -0.1) is 0 Å². The number of rotatable bonds is 6. The Labute approximate surface area is 185 Å². The topological polar surface area (TPSA) is 76.8 Å². The molecule has 2 aromatic carbocycles. The molecule has 7 nitrogen and oxygen atoms in total. The fourth-order valence-electron chi connectivity index (χ4n) is 3.35. The van der Waals surface area contributed by atoms with Crippen molar-refractivity contribution in [1.82, 2.24) is 30.2 Å². The van der Waals surface area contributed by atoms with Gasteiger partial charge in [-0.1, -0.05) is 29.8 Å². The van der Waals surface area contributed by atoms with Gasteiger partial charge in [-0.05, 0) is 50.2 Å². The minimum atomic E-state index is -0.245. The Balaban J connectivity index is 1.33. The first-order valence-electron chi connectivity index (χ1n) is 9.93. The number of aromatic nitrogens is 4. The summed E-state index contributed by atoms with van der Waals surface area (Å²) in [6.45, 7) is 4.74. The van der Waals surface area contributed by atoms with Gasteiger partial charge in [0, 0.05) is 41.1 Å². The molecule has 0 saturated carbocycles. The van der Waals surface area contributed by atoms with Gasteiger partial charge in [-0.2, -0.15) is 10.2 Å². The zero-order valence-corrected chi connectivity index (χ0v) is 18.1. The Bertz CT molecular complexity index is 1180. The summed E-state index contributed by atoms with van der Waals surface area (Å²) in [7, 11) is 0. The summed E-state index contributed by atoms with van der Waals surface area (Å²) in [5.41, 5.74) is 5.71. The molecule has 2 heterocycles. The first kappa shape index (κ1) is 20.7. The van der Waals surface area contributed by atoms with Crippen LogP contribution in [0.2, 0.25) is 5.02 Å². The molecule has 2 aromatic heterocycles. The molecular weight excluding hydrogens is 412 g/mol. The van der Waals surface area contributed by atoms with E-state index in [1.54, 1.807) is 10.9 Å². The van der Waals surface area contributed by atoms with Crippen molar-refractivity contribution in [3.8, 4) is 11.4 Å². The predicted molar refractivity (Wildman–Crippen MR) is 121 cm³/mol. The summed E-state index contributed by atoms with van der Waals surface area (Å²) in [5, 5.41) is 15.4. The Morgan fingerprint density at radius 1 is 0.968 bits per heavy atom. The number of hydrogen-bond acceptors (Lipinski definition) is 3. The van der Waals surface area contributed by atoms with Crippen molar-refractivity contribution < 1.29 is 4.79 Å². The highest BCUT2D eigenvalue weighted by Crippen LogP contribution is 2.17. The van der Waals surface area contributed by atoms with Gasteiger partial charge < -0.3 is 10.6 Å². The summed E-state index contributed by atoms with van der Waals surface area (Å²) >= 11 is 5.93. The average molecular weight is 435 g/mol. The molecule has 0 bridgehead atoms. The standard InChI is InChI=1S/C23H23ClN6O/c1-16-22(17(2)30(28-16)21-6-4-3-5-7-21)14-26-23(31)25-12-18-13-27-29(15-18)20-10-8-19(24)9-11-20/h3-11,13,15H,12,14H2,1-2H3,(H2,25,26,31). The number of carbonyl (C=O) groups is 1. The summed E-state index contributed by atoms with van der Waals surface area (Å²) < 4.78 is 3.64. The Morgan fingerprint density at radius 2 is 1.68 bits per heavy atom. The fraction of sp³-hybridized carbons (Fsp3) is 0.174. The van der Waals surface area contributed by atoms with Crippen molar-refractivity contribution in [1.29, 1.82) is 0 Å². The smallest absolute Gasteiger partial charge is 0.315 e. The van der Waals surface area contributed by atoms with E-state index in [9.17, 15) is 4.79 Å². The number of carbonyl (C=O) groups excluding carboxylic acids is 1. The monoisotopic (exact) mass is 434 g/mol. The molecule has 0 aliphatic heterocycles. The number of halogens is 1. The molecule has 8 heteroatoms. The van der Waals surface area contributed by atoms with E-state index in [0.29, 0.717) is 18.1 Å². The minimum Gasteiger partial charge on any atom is -0.334 e. The average Bonchev–Trinajstić information content (AvgIpc) is 3.36. The van der Waals surface area contributed by atoms with E-state index in [2.05, 4.69) is 20.8 Å². The second kappa shape index (κ2) is 9.06. The number of benzene rings is 2. The van der Waals surface area contributed by atoms with E-state index in [4.69, 9.17) is 11.6 Å². The zero-order chi connectivity index (χ0) is 21.8. The second-order valence-corrected chi connectivity index (χ2v) is 7.64. The summed E-state index contributed by atoms with van der Waals surface area (Å²) in [4.78, 5) is 12.3. The highest BCUT2D eigenvalue weighted by molar-refractivity contribution is 6.30. The van der Waals surface area contributed by atoms with Crippen LogP contribution in [0.3, 0.4) is 0 Å². The zero-order valence-electron chi connectivity index (χ0n) is 17.3. The Morgan fingerprint density at radius 3 is 2.42 bits per heavy atom. The number of urea groups is 1. The van der Waals surface area contributed by atoms with Crippen molar-refractivity contribution >= 4 is 17.6 Å². The third-order valence-corrected chi connectivity index (χ3v) is 5.30. The van der Waals surface area contributed by atoms with Gasteiger partial charge in [0.2, 0.25) is 0 Å². The molecule has 0 unspecified atom stereocenters. The molecular formula is C23H23ClN6O. The van der Waals surface area contributed by atoms with E-state index in [-0.39, 0.29) is 6.03 Å². The molecule has 0 aliphatic rings. The van der Waals surface area contributed by atoms with Crippen LogP contribution in [-0.2, 0) is 13.1 Å². The molecule has 158 valence electrons. The second-order valence-electron chi connectivity index (χ2n) is 7.20. The fourth-order valence-corrected chi connectivity index (χ4v) is 3.48. The number of nitrogens with one attached hydrogen (secondary N) is 2. The minimum absolute atomic E-state index is 0.245. The van der Waals surface area contributed by atoms with Crippen molar-refractivity contribution in [2.75, 3.05) is 0 Å². The van der Waals surface area contributed by atoms with E-state index in [1.165, 1.54) is 0 Å². The highest BCUT2D eigenvalue weighted by atomic mass is 35.5. The molecule has 2 amide bonds. The number of para-hydroxylation sites is 1. The number of aryl methyl sites for hydroxylation is 1. The highest BCUT2D eigenvalue weighted by Gasteiger charge is 2.13. The molecule has 0 atom stereocenters. The summed E-state index contributed by atoms with van der Waals surface area (Å²) in [6.07, 6.45) is 3.61. The third-order valence-electron chi connectivity index (χ3n) is 5.05. The van der Waals surface area contributed by atoms with Crippen LogP contribution < -0.4 is 10.6 Å². The molecule has 0 saturated heterocycles. The van der Waals surface area contributed by atoms with Crippen molar-refractivity contribution in [2.45, 2.75) is 26.9 Å². The third kappa shape index (κ3) is 4.78. The van der Waals surface area contributed by atoms with Crippen molar-refractivity contribution in [3.63, 3.8) is 0 Å². The van der Waals surface area contributed by atoms with Gasteiger partial charge in [-0.25, -0.2) is 14.2 Å². The summed E-state index contributed by atoms with van der Waals surface area (Å²) in [5.74, 6) is 0. The molecule has 2 N–H and O–H groups in total. The molecule has 4 rings (SSSR count). The van der Waals surface area contributed by atoms with Crippen molar-refractivity contribution in [2.24, 2.45) is 0 Å². The molecule has 0 aliphatic carbocycles. The lowest BCUT2D eigenvalue weighted by molar-refractivity contribution is 0.240. The van der Waals surface area contributed by atoms with Gasteiger partial charge in [0.15, 0.2) is 0 Å². The van der Waals surface area contributed by atoms with Gasteiger partial charge in [0.1, 0.15) is 0 Å². The maximum Gasteiger partial charge on any atom is 0.315 e. The van der Waals surface area contributed by atoms with E-state index >= 15 is 0 Å².